The molecule has 0 aliphatic carbocycles. The average Bonchev–Trinajstić information content (AvgIpc) is 2.41. The third-order valence-corrected chi connectivity index (χ3v) is 3.62. The largest absolute Gasteiger partial charge is 0.369 e. The lowest BCUT2D eigenvalue weighted by Crippen LogP contribution is -2.36. The number of rotatable bonds is 7. The van der Waals surface area contributed by atoms with E-state index in [1.165, 1.54) is 0 Å². The smallest absolute Gasteiger partial charge is 0.226 e. The predicted molar refractivity (Wildman–Crippen MR) is 76.9 cm³/mol. The summed E-state index contributed by atoms with van der Waals surface area (Å²) in [5, 5.41) is 3.38. The fourth-order valence-corrected chi connectivity index (χ4v) is 1.80. The minimum Gasteiger partial charge on any atom is -0.369 e. The number of nitrogens with two attached hydrogens (primary N) is 1. The zero-order chi connectivity index (χ0) is 13.6. The first-order chi connectivity index (χ1) is 8.56. The first-order valence-electron chi connectivity index (χ1n) is 6.51. The lowest BCUT2D eigenvalue weighted by molar-refractivity contribution is 0.294. The fraction of sp³-hybridized carbons (Fsp3) is 0.692. The molecule has 0 aromatic carbocycles. The highest BCUT2D eigenvalue weighted by Gasteiger charge is 2.24. The van der Waals surface area contributed by atoms with Gasteiger partial charge in [0, 0.05) is 26.8 Å². The van der Waals surface area contributed by atoms with Gasteiger partial charge < -0.3 is 16.0 Å². The predicted octanol–water partition coefficient (Wildman–Crippen LogP) is 1.72. The van der Waals surface area contributed by atoms with E-state index in [0.29, 0.717) is 12.5 Å². The van der Waals surface area contributed by atoms with Crippen LogP contribution < -0.4 is 16.0 Å². The number of aromatic nitrogens is 2. The van der Waals surface area contributed by atoms with E-state index in [1.807, 2.05) is 25.1 Å². The first kappa shape index (κ1) is 14.7. The number of nitrogens with one attached hydrogen (secondary N) is 1. The minimum atomic E-state index is 0.156. The molecule has 1 rings (SSSR count). The normalized spacial score (nSPS) is 11.4. The van der Waals surface area contributed by atoms with Crippen LogP contribution in [0.15, 0.2) is 12.3 Å². The van der Waals surface area contributed by atoms with E-state index in [0.717, 1.165) is 25.2 Å². The van der Waals surface area contributed by atoms with E-state index in [-0.39, 0.29) is 5.41 Å². The van der Waals surface area contributed by atoms with E-state index in [9.17, 15) is 0 Å². The third kappa shape index (κ3) is 3.57. The molecule has 1 heterocycles. The quantitative estimate of drug-likeness (QED) is 0.772. The van der Waals surface area contributed by atoms with Gasteiger partial charge in [0.1, 0.15) is 5.82 Å². The number of hydrogen-bond acceptors (Lipinski definition) is 5. The van der Waals surface area contributed by atoms with Gasteiger partial charge >= 0.3 is 0 Å². The monoisotopic (exact) mass is 251 g/mol. The molecular weight excluding hydrogens is 226 g/mol. The molecule has 0 spiro atoms. The maximum atomic E-state index is 5.89. The number of hydrogen-bond donors (Lipinski definition) is 2. The van der Waals surface area contributed by atoms with Crippen molar-refractivity contribution in [3.63, 3.8) is 0 Å². The molecule has 1 aromatic rings. The van der Waals surface area contributed by atoms with Crippen LogP contribution in [0.4, 0.5) is 11.8 Å². The Bertz CT molecular complexity index is 352. The summed E-state index contributed by atoms with van der Waals surface area (Å²) in [4.78, 5) is 10.5. The average molecular weight is 251 g/mol. The van der Waals surface area contributed by atoms with Crippen LogP contribution in [0.5, 0.6) is 0 Å². The SMILES string of the molecule is CCC(CC)(CN)CNc1ccnc(N(C)C)n1. The van der Waals surface area contributed by atoms with Gasteiger partial charge in [-0.2, -0.15) is 4.98 Å². The van der Waals surface area contributed by atoms with Crippen LogP contribution in [0.1, 0.15) is 26.7 Å². The molecule has 0 bridgehead atoms. The molecule has 0 aliphatic heterocycles. The summed E-state index contributed by atoms with van der Waals surface area (Å²) in [5.41, 5.74) is 6.05. The van der Waals surface area contributed by atoms with E-state index in [2.05, 4.69) is 29.1 Å². The summed E-state index contributed by atoms with van der Waals surface area (Å²) in [6, 6.07) is 1.89. The zero-order valence-corrected chi connectivity index (χ0v) is 11.9. The topological polar surface area (TPSA) is 67.1 Å². The Balaban J connectivity index is 2.70. The van der Waals surface area contributed by atoms with Gasteiger partial charge in [-0.15, -0.1) is 0 Å². The molecule has 0 fully saturated rings. The third-order valence-electron chi connectivity index (χ3n) is 3.62. The van der Waals surface area contributed by atoms with Crippen molar-refractivity contribution in [2.24, 2.45) is 11.1 Å². The molecule has 0 unspecified atom stereocenters. The van der Waals surface area contributed by atoms with E-state index < -0.39 is 0 Å². The van der Waals surface area contributed by atoms with Crippen molar-refractivity contribution < 1.29 is 0 Å². The summed E-state index contributed by atoms with van der Waals surface area (Å²) < 4.78 is 0. The van der Waals surface area contributed by atoms with Crippen LogP contribution in [0.25, 0.3) is 0 Å². The Kier molecular flexibility index (Phi) is 5.34. The summed E-state index contributed by atoms with van der Waals surface area (Å²) in [6.45, 7) is 5.91. The molecule has 0 amide bonds. The second-order valence-corrected chi connectivity index (χ2v) is 4.90. The maximum absolute atomic E-state index is 5.89. The van der Waals surface area contributed by atoms with Crippen molar-refractivity contribution in [2.75, 3.05) is 37.4 Å². The van der Waals surface area contributed by atoms with Crippen LogP contribution in [-0.4, -0.2) is 37.2 Å². The van der Waals surface area contributed by atoms with Gasteiger partial charge in [-0.1, -0.05) is 13.8 Å². The van der Waals surface area contributed by atoms with E-state index in [4.69, 9.17) is 5.73 Å². The molecule has 5 nitrogen and oxygen atoms in total. The van der Waals surface area contributed by atoms with E-state index in [1.54, 1.807) is 6.20 Å². The highest BCUT2D eigenvalue weighted by atomic mass is 15.2. The molecule has 0 saturated carbocycles. The van der Waals surface area contributed by atoms with Crippen LogP contribution in [0.3, 0.4) is 0 Å². The lowest BCUT2D eigenvalue weighted by atomic mass is 9.82. The highest BCUT2D eigenvalue weighted by Crippen LogP contribution is 2.25. The summed E-state index contributed by atoms with van der Waals surface area (Å²) in [7, 11) is 3.86. The van der Waals surface area contributed by atoms with Crippen molar-refractivity contribution >= 4 is 11.8 Å². The number of anilines is 2. The van der Waals surface area contributed by atoms with Gasteiger partial charge in [0.05, 0.1) is 0 Å². The van der Waals surface area contributed by atoms with E-state index >= 15 is 0 Å². The lowest BCUT2D eigenvalue weighted by Gasteiger charge is -2.30. The van der Waals surface area contributed by atoms with Crippen molar-refractivity contribution in [1.29, 1.82) is 0 Å². The van der Waals surface area contributed by atoms with Crippen molar-refractivity contribution in [1.82, 2.24) is 9.97 Å². The molecular formula is C13H25N5. The second-order valence-electron chi connectivity index (χ2n) is 4.90. The standard InChI is InChI=1S/C13H25N5/c1-5-13(6-2,9-14)10-16-11-7-8-15-12(17-11)18(3)4/h7-8H,5-6,9-10,14H2,1-4H3,(H,15,16,17). The minimum absolute atomic E-state index is 0.156. The summed E-state index contributed by atoms with van der Waals surface area (Å²) in [6.07, 6.45) is 3.91. The molecule has 1 aromatic heterocycles. The zero-order valence-electron chi connectivity index (χ0n) is 11.9. The Hall–Kier alpha value is -1.36. The molecule has 102 valence electrons. The van der Waals surface area contributed by atoms with Gasteiger partial charge in [0.15, 0.2) is 0 Å². The number of nitrogens with zero attached hydrogens (tertiary/aromatic N) is 3. The molecule has 18 heavy (non-hydrogen) atoms. The Morgan fingerprint density at radius 1 is 1.33 bits per heavy atom. The Labute approximate surface area is 110 Å². The summed E-state index contributed by atoms with van der Waals surface area (Å²) >= 11 is 0. The van der Waals surface area contributed by atoms with Crippen molar-refractivity contribution in [2.45, 2.75) is 26.7 Å². The van der Waals surface area contributed by atoms with Crippen LogP contribution in [-0.2, 0) is 0 Å². The Morgan fingerprint density at radius 2 is 2.00 bits per heavy atom. The second kappa shape index (κ2) is 6.54. The van der Waals surface area contributed by atoms with Crippen molar-refractivity contribution in [3.8, 4) is 0 Å². The van der Waals surface area contributed by atoms with Crippen molar-refractivity contribution in [3.05, 3.63) is 12.3 Å². The molecule has 0 saturated heterocycles. The molecule has 0 aliphatic rings. The van der Waals surface area contributed by atoms with Gasteiger partial charge in [-0.25, -0.2) is 4.98 Å². The highest BCUT2D eigenvalue weighted by molar-refractivity contribution is 5.40. The molecule has 3 N–H and O–H groups in total. The summed E-state index contributed by atoms with van der Waals surface area (Å²) in [5.74, 6) is 1.57. The van der Waals surface area contributed by atoms with Crippen LogP contribution in [0, 0.1) is 5.41 Å². The van der Waals surface area contributed by atoms with Gasteiger partial charge in [-0.05, 0) is 30.9 Å². The van der Waals surface area contributed by atoms with Crippen LogP contribution >= 0.6 is 0 Å². The first-order valence-corrected chi connectivity index (χ1v) is 6.51. The van der Waals surface area contributed by atoms with Crippen LogP contribution in [0.2, 0.25) is 0 Å². The molecule has 0 radical (unpaired) electrons. The van der Waals surface area contributed by atoms with Gasteiger partial charge in [-0.3, -0.25) is 0 Å². The maximum Gasteiger partial charge on any atom is 0.226 e. The molecule has 5 heteroatoms. The van der Waals surface area contributed by atoms with Gasteiger partial charge in [0.2, 0.25) is 5.95 Å². The molecule has 0 atom stereocenters. The van der Waals surface area contributed by atoms with Gasteiger partial charge in [0.25, 0.3) is 0 Å². The Morgan fingerprint density at radius 3 is 2.50 bits per heavy atom. The fourth-order valence-electron chi connectivity index (χ4n) is 1.80.